The van der Waals surface area contributed by atoms with Crippen molar-refractivity contribution in [1.82, 2.24) is 20.1 Å². The van der Waals surface area contributed by atoms with Crippen molar-refractivity contribution < 1.29 is 0 Å². The van der Waals surface area contributed by atoms with E-state index in [2.05, 4.69) is 33.6 Å². The highest BCUT2D eigenvalue weighted by molar-refractivity contribution is 5.15. The number of aromatic nitrogens is 3. The molecule has 0 saturated heterocycles. The fraction of sp³-hybridized carbons (Fsp3) is 0.385. The highest BCUT2D eigenvalue weighted by Crippen LogP contribution is 2.17. The van der Waals surface area contributed by atoms with Crippen LogP contribution in [0, 0.1) is 0 Å². The normalized spacial score (nSPS) is 12.6. The van der Waals surface area contributed by atoms with E-state index in [1.54, 1.807) is 0 Å². The molecule has 1 unspecified atom stereocenters. The molecule has 0 fully saturated rings. The van der Waals surface area contributed by atoms with Crippen molar-refractivity contribution >= 4 is 0 Å². The van der Waals surface area contributed by atoms with Gasteiger partial charge in [-0.05, 0) is 43.7 Å². The first kappa shape index (κ1) is 11.8. The van der Waals surface area contributed by atoms with Crippen LogP contribution < -0.4 is 5.32 Å². The minimum Gasteiger partial charge on any atom is -0.313 e. The summed E-state index contributed by atoms with van der Waals surface area (Å²) in [4.78, 5) is 4.04. The zero-order valence-corrected chi connectivity index (χ0v) is 10.3. The molecule has 0 aliphatic rings. The molecule has 2 heterocycles. The molecule has 1 N–H and O–H groups in total. The zero-order valence-electron chi connectivity index (χ0n) is 10.3. The third-order valence-electron chi connectivity index (χ3n) is 3.07. The van der Waals surface area contributed by atoms with E-state index in [9.17, 15) is 0 Å². The van der Waals surface area contributed by atoms with Gasteiger partial charge in [-0.3, -0.25) is 9.67 Å². The lowest BCUT2D eigenvalue weighted by atomic mass is 10.0. The van der Waals surface area contributed by atoms with Gasteiger partial charge < -0.3 is 5.32 Å². The molecule has 0 aromatic carbocycles. The molecule has 4 nitrogen and oxygen atoms in total. The van der Waals surface area contributed by atoms with Gasteiger partial charge in [0.1, 0.15) is 0 Å². The van der Waals surface area contributed by atoms with Crippen LogP contribution in [0.5, 0.6) is 0 Å². The Labute approximate surface area is 102 Å². The second-order valence-corrected chi connectivity index (χ2v) is 4.11. The van der Waals surface area contributed by atoms with Crippen molar-refractivity contribution in [3.8, 4) is 0 Å². The maximum Gasteiger partial charge on any atom is 0.0492 e. The van der Waals surface area contributed by atoms with Gasteiger partial charge in [0.2, 0.25) is 0 Å². The number of nitrogens with zero attached hydrogens (tertiary/aromatic N) is 3. The van der Waals surface area contributed by atoms with Crippen LogP contribution in [0.15, 0.2) is 36.8 Å². The van der Waals surface area contributed by atoms with E-state index < -0.39 is 0 Å². The number of nitrogens with one attached hydrogen (secondary N) is 1. The van der Waals surface area contributed by atoms with E-state index in [0.29, 0.717) is 6.04 Å². The highest BCUT2D eigenvalue weighted by Gasteiger charge is 2.09. The molecule has 0 saturated carbocycles. The van der Waals surface area contributed by atoms with Crippen LogP contribution in [0.25, 0.3) is 0 Å². The van der Waals surface area contributed by atoms with Gasteiger partial charge in [0.05, 0.1) is 0 Å². The second-order valence-electron chi connectivity index (χ2n) is 4.11. The van der Waals surface area contributed by atoms with Crippen molar-refractivity contribution in [3.05, 3.63) is 48.0 Å². The van der Waals surface area contributed by atoms with Gasteiger partial charge in [-0.15, -0.1) is 0 Å². The van der Waals surface area contributed by atoms with E-state index in [0.717, 1.165) is 12.8 Å². The Balaban J connectivity index is 1.99. The summed E-state index contributed by atoms with van der Waals surface area (Å²) < 4.78 is 1.93. The molecule has 90 valence electrons. The molecule has 0 aliphatic carbocycles. The molecule has 0 aliphatic heterocycles. The SMILES string of the molecule is CNC(CCc1ccnn1C)c1ccncc1. The van der Waals surface area contributed by atoms with E-state index in [4.69, 9.17) is 0 Å². The Morgan fingerprint density at radius 1 is 1.24 bits per heavy atom. The molecule has 0 spiro atoms. The molecule has 2 rings (SSSR count). The summed E-state index contributed by atoms with van der Waals surface area (Å²) in [5.74, 6) is 0. The summed E-state index contributed by atoms with van der Waals surface area (Å²) in [7, 11) is 3.98. The van der Waals surface area contributed by atoms with Crippen molar-refractivity contribution in [2.75, 3.05) is 7.05 Å². The van der Waals surface area contributed by atoms with Gasteiger partial charge in [-0.2, -0.15) is 5.10 Å². The van der Waals surface area contributed by atoms with Crippen LogP contribution in [0.4, 0.5) is 0 Å². The van der Waals surface area contributed by atoms with Crippen molar-refractivity contribution in [3.63, 3.8) is 0 Å². The standard InChI is InChI=1S/C13H18N4/c1-14-13(11-5-8-15-9-6-11)4-3-12-7-10-16-17(12)2/h5-10,13-14H,3-4H2,1-2H3. The predicted molar refractivity (Wildman–Crippen MR) is 67.6 cm³/mol. The fourth-order valence-electron chi connectivity index (χ4n) is 2.01. The molecule has 0 radical (unpaired) electrons. The maximum atomic E-state index is 4.18. The third kappa shape index (κ3) is 2.91. The molecule has 17 heavy (non-hydrogen) atoms. The Morgan fingerprint density at radius 3 is 2.59 bits per heavy atom. The first-order valence-corrected chi connectivity index (χ1v) is 5.85. The van der Waals surface area contributed by atoms with Crippen LogP contribution in [0.1, 0.15) is 23.7 Å². The van der Waals surface area contributed by atoms with Crippen molar-refractivity contribution in [2.24, 2.45) is 7.05 Å². The largest absolute Gasteiger partial charge is 0.313 e. The Morgan fingerprint density at radius 2 is 2.00 bits per heavy atom. The van der Waals surface area contributed by atoms with Gasteiger partial charge in [0.25, 0.3) is 0 Å². The Bertz CT molecular complexity index is 449. The average Bonchev–Trinajstić information content (AvgIpc) is 2.77. The summed E-state index contributed by atoms with van der Waals surface area (Å²) >= 11 is 0. The maximum absolute atomic E-state index is 4.18. The average molecular weight is 230 g/mol. The molecular weight excluding hydrogens is 212 g/mol. The van der Waals surface area contributed by atoms with Crippen LogP contribution in [-0.4, -0.2) is 21.8 Å². The van der Waals surface area contributed by atoms with E-state index in [1.165, 1.54) is 11.3 Å². The van der Waals surface area contributed by atoms with Gasteiger partial charge >= 0.3 is 0 Å². The second kappa shape index (κ2) is 5.59. The molecule has 0 bridgehead atoms. The van der Waals surface area contributed by atoms with Crippen LogP contribution in [0.2, 0.25) is 0 Å². The van der Waals surface area contributed by atoms with Gasteiger partial charge in [-0.1, -0.05) is 0 Å². The molecule has 2 aromatic heterocycles. The number of hydrogen-bond donors (Lipinski definition) is 1. The summed E-state index contributed by atoms with van der Waals surface area (Å²) in [6.45, 7) is 0. The lowest BCUT2D eigenvalue weighted by Crippen LogP contribution is -2.17. The smallest absolute Gasteiger partial charge is 0.0492 e. The van der Waals surface area contributed by atoms with Gasteiger partial charge in [0, 0.05) is 37.4 Å². The number of pyridine rings is 1. The van der Waals surface area contributed by atoms with Crippen LogP contribution in [0.3, 0.4) is 0 Å². The minimum absolute atomic E-state index is 0.368. The molecule has 1 atom stereocenters. The van der Waals surface area contributed by atoms with Gasteiger partial charge in [-0.25, -0.2) is 0 Å². The van der Waals surface area contributed by atoms with Crippen molar-refractivity contribution in [2.45, 2.75) is 18.9 Å². The van der Waals surface area contributed by atoms with Gasteiger partial charge in [0.15, 0.2) is 0 Å². The molecule has 4 heteroatoms. The van der Waals surface area contributed by atoms with E-state index in [1.807, 2.05) is 37.4 Å². The van der Waals surface area contributed by atoms with E-state index in [-0.39, 0.29) is 0 Å². The molecule has 2 aromatic rings. The molecular formula is C13H18N4. The fourth-order valence-corrected chi connectivity index (χ4v) is 2.01. The highest BCUT2D eigenvalue weighted by atomic mass is 15.2. The quantitative estimate of drug-likeness (QED) is 0.850. The van der Waals surface area contributed by atoms with Crippen molar-refractivity contribution in [1.29, 1.82) is 0 Å². The topological polar surface area (TPSA) is 42.7 Å². The number of aryl methyl sites for hydroxylation is 2. The zero-order chi connectivity index (χ0) is 12.1. The summed E-state index contributed by atoms with van der Waals surface area (Å²) in [5, 5.41) is 7.52. The lowest BCUT2D eigenvalue weighted by Gasteiger charge is -2.16. The molecule has 0 amide bonds. The number of hydrogen-bond acceptors (Lipinski definition) is 3. The minimum atomic E-state index is 0.368. The Kier molecular flexibility index (Phi) is 3.88. The first-order chi connectivity index (χ1) is 8.31. The predicted octanol–water partition coefficient (Wildman–Crippen LogP) is 1.71. The van der Waals surface area contributed by atoms with Crippen LogP contribution in [-0.2, 0) is 13.5 Å². The summed E-state index contributed by atoms with van der Waals surface area (Å²) in [5.41, 5.74) is 2.55. The third-order valence-corrected chi connectivity index (χ3v) is 3.07. The van der Waals surface area contributed by atoms with E-state index >= 15 is 0 Å². The number of rotatable bonds is 5. The summed E-state index contributed by atoms with van der Waals surface area (Å²) in [6, 6.07) is 6.56. The lowest BCUT2D eigenvalue weighted by molar-refractivity contribution is 0.535. The first-order valence-electron chi connectivity index (χ1n) is 5.85. The van der Waals surface area contributed by atoms with Crippen LogP contribution >= 0.6 is 0 Å². The Hall–Kier alpha value is -1.68. The monoisotopic (exact) mass is 230 g/mol. The summed E-state index contributed by atoms with van der Waals surface area (Å²) in [6.07, 6.45) is 7.59.